The molecule has 2 heterocycles. The van der Waals surface area contributed by atoms with Crippen LogP contribution >= 0.6 is 0 Å². The summed E-state index contributed by atoms with van der Waals surface area (Å²) < 4.78 is 33.7. The molecule has 2 aliphatic heterocycles. The van der Waals surface area contributed by atoms with E-state index in [1.54, 1.807) is 11.0 Å². The van der Waals surface area contributed by atoms with E-state index in [2.05, 4.69) is 0 Å². The van der Waals surface area contributed by atoms with Gasteiger partial charge in [0.05, 0.1) is 16.1 Å². The number of fused-ring (bicyclic) bond motifs is 2. The van der Waals surface area contributed by atoms with E-state index < -0.39 is 22.6 Å². The molecule has 0 N–H and O–H groups in total. The molecule has 1 amide bonds. The second-order valence-corrected chi connectivity index (χ2v) is 10.8. The predicted octanol–water partition coefficient (Wildman–Crippen LogP) is 3.96. The maximum absolute atomic E-state index is 13.5. The van der Waals surface area contributed by atoms with Gasteiger partial charge in [-0.05, 0) is 68.1 Å². The Morgan fingerprint density at radius 1 is 0.857 bits per heavy atom. The molecule has 2 unspecified atom stereocenters. The lowest BCUT2D eigenvalue weighted by Crippen LogP contribution is -2.38. The van der Waals surface area contributed by atoms with E-state index in [1.165, 1.54) is 28.6 Å². The van der Waals surface area contributed by atoms with Crippen molar-refractivity contribution in [1.29, 1.82) is 0 Å². The van der Waals surface area contributed by atoms with Crippen molar-refractivity contribution in [2.45, 2.75) is 43.7 Å². The number of carbonyl (C=O) groups is 2. The maximum atomic E-state index is 13.5. The minimum absolute atomic E-state index is 0.00363. The summed E-state index contributed by atoms with van der Waals surface area (Å²) in [5, 5.41) is 0. The van der Waals surface area contributed by atoms with Crippen LogP contribution in [-0.4, -0.2) is 39.0 Å². The molecule has 180 valence electrons. The fourth-order valence-electron chi connectivity index (χ4n) is 5.03. The Hall–Kier alpha value is -3.65. The van der Waals surface area contributed by atoms with Crippen LogP contribution in [0.1, 0.15) is 35.3 Å². The molecular weight excluding hydrogens is 464 g/mol. The molecule has 2 aliphatic rings. The minimum atomic E-state index is -3.89. The molecule has 0 bridgehead atoms. The molecule has 0 fully saturated rings. The zero-order valence-electron chi connectivity index (χ0n) is 19.5. The zero-order chi connectivity index (χ0) is 24.7. The van der Waals surface area contributed by atoms with Gasteiger partial charge in [-0.1, -0.05) is 42.5 Å². The quantitative estimate of drug-likeness (QED) is 0.506. The van der Waals surface area contributed by atoms with Crippen molar-refractivity contribution >= 4 is 33.3 Å². The molecule has 3 aromatic rings. The lowest BCUT2D eigenvalue weighted by Gasteiger charge is -2.24. The Morgan fingerprint density at radius 2 is 1.49 bits per heavy atom. The van der Waals surface area contributed by atoms with Crippen LogP contribution in [-0.2, 0) is 32.4 Å². The van der Waals surface area contributed by atoms with Crippen molar-refractivity contribution in [3.8, 4) is 0 Å². The smallest absolute Gasteiger partial charge is 0.338 e. The van der Waals surface area contributed by atoms with Crippen LogP contribution in [0.25, 0.3) is 0 Å². The number of anilines is 2. The van der Waals surface area contributed by atoms with Crippen LogP contribution < -0.4 is 9.21 Å². The highest BCUT2D eigenvalue weighted by Crippen LogP contribution is 2.36. The van der Waals surface area contributed by atoms with E-state index in [-0.39, 0.29) is 28.4 Å². The summed E-state index contributed by atoms with van der Waals surface area (Å²) >= 11 is 0. The number of esters is 1. The van der Waals surface area contributed by atoms with Crippen LogP contribution in [0.4, 0.5) is 11.4 Å². The number of hydrogen-bond acceptors (Lipinski definition) is 5. The van der Waals surface area contributed by atoms with Gasteiger partial charge in [-0.15, -0.1) is 0 Å². The number of sulfonamides is 1. The number of para-hydroxylation sites is 2. The van der Waals surface area contributed by atoms with Crippen LogP contribution in [0.2, 0.25) is 0 Å². The first-order chi connectivity index (χ1) is 16.8. The Balaban J connectivity index is 1.32. The molecule has 0 aromatic heterocycles. The van der Waals surface area contributed by atoms with Gasteiger partial charge >= 0.3 is 5.97 Å². The molecule has 0 aliphatic carbocycles. The van der Waals surface area contributed by atoms with Gasteiger partial charge in [0.2, 0.25) is 0 Å². The SMILES string of the molecule is CC1Cc2ccccc2N1C(=O)COC(=O)c1cccc(S(=O)(=O)N2c3ccccc3CC2C)c1. The van der Waals surface area contributed by atoms with Crippen LogP contribution in [0.15, 0.2) is 77.7 Å². The molecule has 0 spiro atoms. The second-order valence-electron chi connectivity index (χ2n) is 9.03. The largest absolute Gasteiger partial charge is 0.452 e. The average molecular weight is 491 g/mol. The number of nitrogens with zero attached hydrogens (tertiary/aromatic N) is 2. The van der Waals surface area contributed by atoms with Gasteiger partial charge in [0.15, 0.2) is 6.61 Å². The molecular formula is C27H26N2O5S. The first-order valence-corrected chi connectivity index (χ1v) is 13.0. The van der Waals surface area contributed by atoms with Crippen LogP contribution in [0, 0.1) is 0 Å². The standard InChI is InChI=1S/C27H26N2O5S/c1-18-14-20-8-3-5-12-24(20)28(18)26(30)17-34-27(31)22-10-7-11-23(16-22)35(32,33)29-19(2)15-21-9-4-6-13-25(21)29/h3-13,16,18-19H,14-15,17H2,1-2H3. The van der Waals surface area contributed by atoms with Crippen molar-refractivity contribution in [2.75, 3.05) is 15.8 Å². The lowest BCUT2D eigenvalue weighted by atomic mass is 10.1. The van der Waals surface area contributed by atoms with Gasteiger partial charge < -0.3 is 9.64 Å². The normalized spacial score (nSPS) is 18.8. The Labute approximate surface area is 205 Å². The number of benzene rings is 3. The highest BCUT2D eigenvalue weighted by molar-refractivity contribution is 7.92. The Kier molecular flexibility index (Phi) is 5.84. The van der Waals surface area contributed by atoms with Crippen molar-refractivity contribution in [3.05, 3.63) is 89.5 Å². The molecule has 35 heavy (non-hydrogen) atoms. The third-order valence-electron chi connectivity index (χ3n) is 6.57. The van der Waals surface area contributed by atoms with Crippen LogP contribution in [0.3, 0.4) is 0 Å². The highest BCUT2D eigenvalue weighted by atomic mass is 32.2. The zero-order valence-corrected chi connectivity index (χ0v) is 20.4. The Morgan fingerprint density at radius 3 is 2.23 bits per heavy atom. The number of rotatable bonds is 5. The second kappa shape index (κ2) is 8.85. The summed E-state index contributed by atoms with van der Waals surface area (Å²) in [7, 11) is -3.89. The van der Waals surface area contributed by atoms with E-state index >= 15 is 0 Å². The number of ether oxygens (including phenoxy) is 1. The van der Waals surface area contributed by atoms with E-state index in [4.69, 9.17) is 4.74 Å². The number of hydrogen-bond donors (Lipinski definition) is 0. The lowest BCUT2D eigenvalue weighted by molar-refractivity contribution is -0.122. The van der Waals surface area contributed by atoms with Gasteiger partial charge in [-0.3, -0.25) is 9.10 Å². The molecule has 8 heteroatoms. The topological polar surface area (TPSA) is 84.0 Å². The van der Waals surface area contributed by atoms with E-state index in [0.717, 1.165) is 23.2 Å². The summed E-state index contributed by atoms with van der Waals surface area (Å²) in [5.41, 5.74) is 3.60. The van der Waals surface area contributed by atoms with Gasteiger partial charge in [0, 0.05) is 17.8 Å². The van der Waals surface area contributed by atoms with Crippen molar-refractivity contribution in [3.63, 3.8) is 0 Å². The van der Waals surface area contributed by atoms with Crippen molar-refractivity contribution in [2.24, 2.45) is 0 Å². The van der Waals surface area contributed by atoms with Gasteiger partial charge in [-0.25, -0.2) is 13.2 Å². The van der Waals surface area contributed by atoms with Gasteiger partial charge in [0.25, 0.3) is 15.9 Å². The first kappa shape index (κ1) is 23.1. The molecule has 5 rings (SSSR count). The summed E-state index contributed by atoms with van der Waals surface area (Å²) in [6, 6.07) is 20.6. The van der Waals surface area contributed by atoms with Gasteiger partial charge in [-0.2, -0.15) is 0 Å². The summed E-state index contributed by atoms with van der Waals surface area (Å²) in [6.07, 6.45) is 1.37. The molecule has 0 radical (unpaired) electrons. The molecule has 2 atom stereocenters. The molecule has 7 nitrogen and oxygen atoms in total. The van der Waals surface area contributed by atoms with E-state index in [9.17, 15) is 18.0 Å². The highest BCUT2D eigenvalue weighted by Gasteiger charge is 2.36. The summed E-state index contributed by atoms with van der Waals surface area (Å²) in [6.45, 7) is 3.38. The van der Waals surface area contributed by atoms with Gasteiger partial charge in [0.1, 0.15) is 0 Å². The summed E-state index contributed by atoms with van der Waals surface area (Å²) in [4.78, 5) is 27.3. The number of carbonyl (C=O) groups excluding carboxylic acids is 2. The third kappa shape index (κ3) is 4.08. The maximum Gasteiger partial charge on any atom is 0.338 e. The molecule has 3 aromatic carbocycles. The molecule has 0 saturated heterocycles. The monoisotopic (exact) mass is 490 g/mol. The average Bonchev–Trinajstić information content (AvgIpc) is 3.37. The number of amides is 1. The fourth-order valence-corrected chi connectivity index (χ4v) is 6.77. The first-order valence-electron chi connectivity index (χ1n) is 11.6. The van der Waals surface area contributed by atoms with E-state index in [1.807, 2.05) is 56.3 Å². The minimum Gasteiger partial charge on any atom is -0.452 e. The van der Waals surface area contributed by atoms with Crippen LogP contribution in [0.5, 0.6) is 0 Å². The summed E-state index contributed by atoms with van der Waals surface area (Å²) in [5.74, 6) is -1.06. The fraction of sp³-hybridized carbons (Fsp3) is 0.259. The van der Waals surface area contributed by atoms with E-state index in [0.29, 0.717) is 12.1 Å². The third-order valence-corrected chi connectivity index (χ3v) is 8.50. The predicted molar refractivity (Wildman–Crippen MR) is 133 cm³/mol. The van der Waals surface area contributed by atoms with Crippen molar-refractivity contribution < 1.29 is 22.7 Å². The van der Waals surface area contributed by atoms with Crippen molar-refractivity contribution in [1.82, 2.24) is 0 Å². The molecule has 0 saturated carbocycles. The Bertz CT molecular complexity index is 1420.